The van der Waals surface area contributed by atoms with Crippen molar-refractivity contribution in [1.29, 1.82) is 0 Å². The normalized spacial score (nSPS) is 20.9. The molecule has 1 aromatic rings. The van der Waals surface area contributed by atoms with Gasteiger partial charge in [-0.25, -0.2) is 0 Å². The molecule has 2 rings (SSSR count). The van der Waals surface area contributed by atoms with Gasteiger partial charge in [-0.05, 0) is 55.6 Å². The summed E-state index contributed by atoms with van der Waals surface area (Å²) in [6.45, 7) is 7.42. The highest BCUT2D eigenvalue weighted by Gasteiger charge is 2.24. The van der Waals surface area contributed by atoms with Crippen molar-refractivity contribution in [2.45, 2.75) is 58.7 Å². The summed E-state index contributed by atoms with van der Waals surface area (Å²) in [4.78, 5) is 2.64. The van der Waals surface area contributed by atoms with Gasteiger partial charge in [-0.1, -0.05) is 22.4 Å². The van der Waals surface area contributed by atoms with Crippen LogP contribution in [0.15, 0.2) is 4.47 Å². The number of rotatable bonds is 5. The van der Waals surface area contributed by atoms with Crippen LogP contribution in [0, 0.1) is 6.92 Å². The third kappa shape index (κ3) is 3.61. The summed E-state index contributed by atoms with van der Waals surface area (Å²) in [7, 11) is 0. The molecule has 0 radical (unpaired) electrons. The third-order valence-electron chi connectivity index (χ3n) is 4.00. The van der Waals surface area contributed by atoms with Gasteiger partial charge in [0.15, 0.2) is 0 Å². The molecule has 19 heavy (non-hydrogen) atoms. The number of nitrogens with zero attached hydrogens (tertiary/aromatic N) is 3. The number of hydrogen-bond acceptors (Lipinski definition) is 2. The molecule has 0 aromatic carbocycles. The molecule has 0 N–H and O–H groups in total. The van der Waals surface area contributed by atoms with Crippen LogP contribution < -0.4 is 0 Å². The zero-order valence-electron chi connectivity index (χ0n) is 11.8. The van der Waals surface area contributed by atoms with Crippen LogP contribution >= 0.6 is 31.9 Å². The molecule has 0 spiro atoms. The molecule has 5 heteroatoms. The van der Waals surface area contributed by atoms with Gasteiger partial charge < -0.3 is 0 Å². The van der Waals surface area contributed by atoms with Gasteiger partial charge in [0.1, 0.15) is 0 Å². The maximum atomic E-state index is 4.60. The Labute approximate surface area is 133 Å². The van der Waals surface area contributed by atoms with Crippen LogP contribution in [0.2, 0.25) is 0 Å². The molecule has 2 heterocycles. The highest BCUT2D eigenvalue weighted by Crippen LogP contribution is 2.27. The van der Waals surface area contributed by atoms with Crippen LogP contribution in [0.3, 0.4) is 0 Å². The van der Waals surface area contributed by atoms with Gasteiger partial charge in [0.2, 0.25) is 0 Å². The summed E-state index contributed by atoms with van der Waals surface area (Å²) in [5.41, 5.74) is 2.44. The van der Waals surface area contributed by atoms with E-state index in [0.29, 0.717) is 0 Å². The average Bonchev–Trinajstić information content (AvgIpc) is 2.69. The third-order valence-corrected chi connectivity index (χ3v) is 5.49. The Morgan fingerprint density at radius 3 is 2.84 bits per heavy atom. The summed E-state index contributed by atoms with van der Waals surface area (Å²) < 4.78 is 3.33. The Morgan fingerprint density at radius 2 is 2.16 bits per heavy atom. The average molecular weight is 393 g/mol. The Hall–Kier alpha value is 0.130. The first-order chi connectivity index (χ1) is 9.17. The van der Waals surface area contributed by atoms with Gasteiger partial charge in [-0.2, -0.15) is 5.10 Å². The number of aromatic nitrogens is 2. The molecule has 0 amide bonds. The molecule has 1 atom stereocenters. The zero-order valence-corrected chi connectivity index (χ0v) is 15.0. The molecule has 1 saturated heterocycles. The van der Waals surface area contributed by atoms with Gasteiger partial charge in [0, 0.05) is 24.5 Å². The second kappa shape index (κ2) is 7.23. The quantitative estimate of drug-likeness (QED) is 0.703. The molecule has 1 fully saturated rings. The van der Waals surface area contributed by atoms with Crippen molar-refractivity contribution < 1.29 is 0 Å². The maximum Gasteiger partial charge on any atom is 0.0739 e. The zero-order chi connectivity index (χ0) is 13.8. The van der Waals surface area contributed by atoms with Crippen molar-refractivity contribution in [2.24, 2.45) is 0 Å². The van der Waals surface area contributed by atoms with Crippen molar-refractivity contribution in [3.8, 4) is 0 Å². The van der Waals surface area contributed by atoms with Crippen LogP contribution in [0.4, 0.5) is 0 Å². The van der Waals surface area contributed by atoms with Crippen molar-refractivity contribution in [3.05, 3.63) is 15.9 Å². The van der Waals surface area contributed by atoms with Crippen LogP contribution in [-0.4, -0.2) is 32.6 Å². The molecule has 0 saturated carbocycles. The topological polar surface area (TPSA) is 21.1 Å². The lowest BCUT2D eigenvalue weighted by Crippen LogP contribution is -2.39. The second-order valence-corrected chi connectivity index (χ2v) is 6.85. The van der Waals surface area contributed by atoms with E-state index in [0.717, 1.165) is 30.2 Å². The van der Waals surface area contributed by atoms with E-state index in [4.69, 9.17) is 0 Å². The molecular formula is C14H23Br2N3. The fourth-order valence-electron chi connectivity index (χ4n) is 2.93. The Balaban J connectivity index is 2.14. The standard InChI is InChI=1S/C14H23Br2N3/c1-3-19-13(14(16)11(2)17-19)10-18-9-5-4-6-12(18)7-8-15/h12H,3-10H2,1-2H3. The van der Waals surface area contributed by atoms with Gasteiger partial charge in [0.25, 0.3) is 0 Å². The Kier molecular flexibility index (Phi) is 5.90. The lowest BCUT2D eigenvalue weighted by Gasteiger charge is -2.35. The molecule has 0 bridgehead atoms. The van der Waals surface area contributed by atoms with E-state index in [9.17, 15) is 0 Å². The largest absolute Gasteiger partial charge is 0.295 e. The van der Waals surface area contributed by atoms with E-state index in [1.54, 1.807) is 0 Å². The summed E-state index contributed by atoms with van der Waals surface area (Å²) >= 11 is 7.30. The predicted molar refractivity (Wildman–Crippen MR) is 86.8 cm³/mol. The van der Waals surface area contributed by atoms with E-state index in [1.807, 2.05) is 0 Å². The smallest absolute Gasteiger partial charge is 0.0739 e. The van der Waals surface area contributed by atoms with Crippen molar-refractivity contribution in [1.82, 2.24) is 14.7 Å². The van der Waals surface area contributed by atoms with Gasteiger partial charge in [-0.3, -0.25) is 9.58 Å². The minimum Gasteiger partial charge on any atom is -0.295 e. The van der Waals surface area contributed by atoms with Crippen LogP contribution in [0.5, 0.6) is 0 Å². The van der Waals surface area contributed by atoms with Gasteiger partial charge >= 0.3 is 0 Å². The number of aryl methyl sites for hydroxylation is 2. The molecule has 1 aliphatic heterocycles. The van der Waals surface area contributed by atoms with Crippen molar-refractivity contribution in [2.75, 3.05) is 11.9 Å². The van der Waals surface area contributed by atoms with Gasteiger partial charge in [-0.15, -0.1) is 0 Å². The maximum absolute atomic E-state index is 4.60. The van der Waals surface area contributed by atoms with E-state index >= 15 is 0 Å². The van der Waals surface area contributed by atoms with Crippen molar-refractivity contribution >= 4 is 31.9 Å². The second-order valence-electron chi connectivity index (χ2n) is 5.26. The number of alkyl halides is 1. The van der Waals surface area contributed by atoms with E-state index < -0.39 is 0 Å². The van der Waals surface area contributed by atoms with E-state index in [-0.39, 0.29) is 0 Å². The van der Waals surface area contributed by atoms with Crippen LogP contribution in [-0.2, 0) is 13.1 Å². The summed E-state index contributed by atoms with van der Waals surface area (Å²) in [6.07, 6.45) is 5.29. The molecular weight excluding hydrogens is 370 g/mol. The highest BCUT2D eigenvalue weighted by atomic mass is 79.9. The minimum atomic E-state index is 0.723. The Morgan fingerprint density at radius 1 is 1.37 bits per heavy atom. The fourth-order valence-corrected chi connectivity index (χ4v) is 3.87. The first-order valence-corrected chi connectivity index (χ1v) is 9.10. The molecule has 1 aliphatic rings. The number of hydrogen-bond donors (Lipinski definition) is 0. The summed E-state index contributed by atoms with van der Waals surface area (Å²) in [5, 5.41) is 5.70. The van der Waals surface area contributed by atoms with Gasteiger partial charge in [0.05, 0.1) is 15.9 Å². The lowest BCUT2D eigenvalue weighted by molar-refractivity contribution is 0.133. The highest BCUT2D eigenvalue weighted by molar-refractivity contribution is 9.10. The molecule has 3 nitrogen and oxygen atoms in total. The molecule has 1 aromatic heterocycles. The summed E-state index contributed by atoms with van der Waals surface area (Å²) in [5.74, 6) is 0. The first kappa shape index (κ1) is 15.5. The predicted octanol–water partition coefficient (Wildman–Crippen LogP) is 4.11. The SMILES string of the molecule is CCn1nc(C)c(Br)c1CN1CCCCC1CCBr. The molecule has 1 unspecified atom stereocenters. The Bertz CT molecular complexity index is 415. The monoisotopic (exact) mass is 391 g/mol. The minimum absolute atomic E-state index is 0.723. The first-order valence-electron chi connectivity index (χ1n) is 7.19. The fraction of sp³-hybridized carbons (Fsp3) is 0.786. The number of piperidine rings is 1. The lowest BCUT2D eigenvalue weighted by atomic mass is 10.00. The van der Waals surface area contributed by atoms with E-state index in [2.05, 4.69) is 60.4 Å². The van der Waals surface area contributed by atoms with Crippen LogP contribution in [0.25, 0.3) is 0 Å². The van der Waals surface area contributed by atoms with Crippen molar-refractivity contribution in [3.63, 3.8) is 0 Å². The number of halogens is 2. The number of likely N-dealkylation sites (tertiary alicyclic amines) is 1. The summed E-state index contributed by atoms with van der Waals surface area (Å²) in [6, 6.07) is 0.723. The van der Waals surface area contributed by atoms with Crippen LogP contribution in [0.1, 0.15) is 44.0 Å². The van der Waals surface area contributed by atoms with E-state index in [1.165, 1.54) is 42.4 Å². The molecule has 108 valence electrons. The molecule has 0 aliphatic carbocycles.